The molecule has 1 aliphatic heterocycles. The summed E-state index contributed by atoms with van der Waals surface area (Å²) in [5.74, 6) is 2.31. The zero-order valence-electron chi connectivity index (χ0n) is 12.7. The van der Waals surface area contributed by atoms with Crippen LogP contribution in [0.4, 0.5) is 10.1 Å². The molecule has 0 aromatic heterocycles. The molecule has 0 amide bonds. The monoisotopic (exact) mass is 315 g/mol. The number of nitrogens with one attached hydrogen (secondary N) is 1. The Bertz CT molecular complexity index is 746. The minimum absolute atomic E-state index is 0.195. The van der Waals surface area contributed by atoms with E-state index in [-0.39, 0.29) is 5.82 Å². The fourth-order valence-electron chi connectivity index (χ4n) is 3.15. The number of aryl methyl sites for hydroxylation is 1. The molecule has 1 saturated carbocycles. The molecule has 2 nitrogen and oxygen atoms in total. The van der Waals surface area contributed by atoms with Gasteiger partial charge >= 0.3 is 0 Å². The highest BCUT2D eigenvalue weighted by Crippen LogP contribution is 2.55. The van der Waals surface area contributed by atoms with Gasteiger partial charge in [-0.25, -0.2) is 4.39 Å². The summed E-state index contributed by atoms with van der Waals surface area (Å²) in [6, 6.07) is 9.17. The summed E-state index contributed by atoms with van der Waals surface area (Å²) in [5, 5.41) is 0. The van der Waals surface area contributed by atoms with Crippen molar-refractivity contribution in [2.75, 3.05) is 11.3 Å². The lowest BCUT2D eigenvalue weighted by Gasteiger charge is -2.21. The Balaban J connectivity index is 1.56. The van der Waals surface area contributed by atoms with E-state index >= 15 is 0 Å². The van der Waals surface area contributed by atoms with Crippen molar-refractivity contribution in [2.24, 2.45) is 5.92 Å². The number of rotatable bonds is 3. The Hall–Kier alpha value is -1.68. The van der Waals surface area contributed by atoms with Crippen LogP contribution >= 0.6 is 11.9 Å². The molecule has 2 aromatic rings. The van der Waals surface area contributed by atoms with E-state index in [4.69, 9.17) is 4.74 Å². The first kappa shape index (κ1) is 13.9. The van der Waals surface area contributed by atoms with E-state index in [2.05, 4.69) is 23.8 Å². The van der Waals surface area contributed by atoms with E-state index < -0.39 is 0 Å². The Morgan fingerprint density at radius 3 is 2.91 bits per heavy atom. The molecule has 2 aromatic carbocycles. The van der Waals surface area contributed by atoms with Gasteiger partial charge in [0, 0.05) is 16.4 Å². The van der Waals surface area contributed by atoms with E-state index in [1.54, 1.807) is 12.1 Å². The van der Waals surface area contributed by atoms with Gasteiger partial charge in [0.15, 0.2) is 0 Å². The van der Waals surface area contributed by atoms with Crippen LogP contribution in [-0.4, -0.2) is 6.61 Å². The van der Waals surface area contributed by atoms with Crippen molar-refractivity contribution < 1.29 is 9.13 Å². The predicted molar refractivity (Wildman–Crippen MR) is 88.1 cm³/mol. The van der Waals surface area contributed by atoms with Crippen LogP contribution in [0.15, 0.2) is 35.2 Å². The highest BCUT2D eigenvalue weighted by Gasteiger charge is 2.44. The molecule has 0 spiro atoms. The van der Waals surface area contributed by atoms with Gasteiger partial charge in [0.2, 0.25) is 0 Å². The lowest BCUT2D eigenvalue weighted by molar-refractivity contribution is 0.277. The zero-order valence-corrected chi connectivity index (χ0v) is 13.5. The molecule has 1 heterocycles. The zero-order chi connectivity index (χ0) is 15.3. The van der Waals surface area contributed by atoms with Gasteiger partial charge in [-0.2, -0.15) is 0 Å². The average Bonchev–Trinajstić information content (AvgIpc) is 3.28. The van der Waals surface area contributed by atoms with Crippen molar-refractivity contribution in [1.82, 2.24) is 0 Å². The van der Waals surface area contributed by atoms with Crippen molar-refractivity contribution in [3.8, 4) is 5.75 Å². The summed E-state index contributed by atoms with van der Waals surface area (Å²) in [7, 11) is 0. The molecule has 1 fully saturated rings. The molecule has 0 saturated heterocycles. The fourth-order valence-corrected chi connectivity index (χ4v) is 3.94. The molecular formula is C18H18FNOS. The van der Waals surface area contributed by atoms with Crippen LogP contribution < -0.4 is 9.46 Å². The maximum atomic E-state index is 13.2. The first-order valence-electron chi connectivity index (χ1n) is 7.59. The number of benzene rings is 2. The van der Waals surface area contributed by atoms with Crippen LogP contribution in [0.25, 0.3) is 0 Å². The topological polar surface area (TPSA) is 21.3 Å². The SMILES string of the molecule is Cc1cc(F)ccc1SNc1ccc2c(c1C)OC[C@@H]1CC21. The normalized spacial score (nSPS) is 21.6. The lowest BCUT2D eigenvalue weighted by Crippen LogP contribution is -2.10. The number of fused-ring (bicyclic) bond motifs is 3. The van der Waals surface area contributed by atoms with Gasteiger partial charge in [-0.3, -0.25) is 0 Å². The minimum Gasteiger partial charge on any atom is -0.493 e. The van der Waals surface area contributed by atoms with Gasteiger partial charge in [-0.1, -0.05) is 6.07 Å². The molecule has 2 aliphatic rings. The van der Waals surface area contributed by atoms with Crippen molar-refractivity contribution in [3.05, 3.63) is 52.8 Å². The third-order valence-electron chi connectivity index (χ3n) is 4.61. The summed E-state index contributed by atoms with van der Waals surface area (Å²) in [6.07, 6.45) is 1.27. The lowest BCUT2D eigenvalue weighted by atomic mass is 10.0. The van der Waals surface area contributed by atoms with E-state index in [9.17, 15) is 4.39 Å². The van der Waals surface area contributed by atoms with E-state index in [1.165, 1.54) is 30.0 Å². The van der Waals surface area contributed by atoms with E-state index in [0.717, 1.165) is 40.0 Å². The average molecular weight is 315 g/mol. The number of anilines is 1. The Morgan fingerprint density at radius 2 is 2.09 bits per heavy atom. The van der Waals surface area contributed by atoms with Crippen LogP contribution in [0.5, 0.6) is 5.75 Å². The molecule has 0 bridgehead atoms. The van der Waals surface area contributed by atoms with Gasteiger partial charge in [-0.05, 0) is 73.5 Å². The van der Waals surface area contributed by atoms with Gasteiger partial charge < -0.3 is 9.46 Å². The molecule has 4 heteroatoms. The highest BCUT2D eigenvalue weighted by atomic mass is 32.2. The van der Waals surface area contributed by atoms with E-state index in [0.29, 0.717) is 5.92 Å². The molecule has 114 valence electrons. The van der Waals surface area contributed by atoms with Crippen molar-refractivity contribution in [1.29, 1.82) is 0 Å². The number of hydrogen-bond donors (Lipinski definition) is 1. The van der Waals surface area contributed by atoms with Crippen molar-refractivity contribution in [2.45, 2.75) is 31.1 Å². The molecule has 1 N–H and O–H groups in total. The third-order valence-corrected chi connectivity index (χ3v) is 5.61. The fraction of sp³-hybridized carbons (Fsp3) is 0.333. The Labute approximate surface area is 134 Å². The Morgan fingerprint density at radius 1 is 1.23 bits per heavy atom. The van der Waals surface area contributed by atoms with Crippen LogP contribution in [0.1, 0.15) is 29.0 Å². The largest absolute Gasteiger partial charge is 0.493 e. The van der Waals surface area contributed by atoms with Crippen LogP contribution in [0, 0.1) is 25.6 Å². The molecule has 0 radical (unpaired) electrons. The number of ether oxygens (including phenoxy) is 1. The highest BCUT2D eigenvalue weighted by molar-refractivity contribution is 8.00. The Kier molecular flexibility index (Phi) is 3.30. The van der Waals surface area contributed by atoms with Gasteiger partial charge in [0.25, 0.3) is 0 Å². The summed E-state index contributed by atoms with van der Waals surface area (Å²) in [6.45, 7) is 4.87. The maximum absolute atomic E-state index is 13.2. The molecule has 2 atom stereocenters. The molecule has 1 aliphatic carbocycles. The first-order valence-corrected chi connectivity index (χ1v) is 8.40. The van der Waals surface area contributed by atoms with Crippen LogP contribution in [0.2, 0.25) is 0 Å². The smallest absolute Gasteiger partial charge is 0.127 e. The standard InChI is InChI=1S/C18H18FNOS/c1-10-7-13(19)3-6-17(10)22-20-16-5-4-14-15-8-12(15)9-21-18(14)11(16)2/h3-7,12,15,20H,8-9H2,1-2H3/t12-,15?/m0/s1. The summed E-state index contributed by atoms with van der Waals surface area (Å²) < 4.78 is 22.5. The van der Waals surface area contributed by atoms with Crippen molar-refractivity contribution in [3.63, 3.8) is 0 Å². The predicted octanol–water partition coefficient (Wildman–Crippen LogP) is 5.06. The quantitative estimate of drug-likeness (QED) is 0.800. The maximum Gasteiger partial charge on any atom is 0.127 e. The first-order chi connectivity index (χ1) is 10.6. The molecule has 1 unspecified atom stereocenters. The second-order valence-electron chi connectivity index (χ2n) is 6.18. The number of halogens is 1. The molecule has 4 rings (SSSR count). The third kappa shape index (κ3) is 2.35. The van der Waals surface area contributed by atoms with Gasteiger partial charge in [0.1, 0.15) is 11.6 Å². The number of hydrogen-bond acceptors (Lipinski definition) is 3. The summed E-state index contributed by atoms with van der Waals surface area (Å²) in [5.41, 5.74) is 4.52. The van der Waals surface area contributed by atoms with Crippen molar-refractivity contribution >= 4 is 17.6 Å². The van der Waals surface area contributed by atoms with Crippen LogP contribution in [-0.2, 0) is 0 Å². The van der Waals surface area contributed by atoms with E-state index in [1.807, 2.05) is 6.92 Å². The molecule has 22 heavy (non-hydrogen) atoms. The van der Waals surface area contributed by atoms with Gasteiger partial charge in [0.05, 0.1) is 12.3 Å². The second kappa shape index (κ2) is 5.20. The molecular weight excluding hydrogens is 297 g/mol. The van der Waals surface area contributed by atoms with Gasteiger partial charge in [-0.15, -0.1) is 0 Å². The van der Waals surface area contributed by atoms with Crippen LogP contribution in [0.3, 0.4) is 0 Å². The minimum atomic E-state index is -0.195. The summed E-state index contributed by atoms with van der Waals surface area (Å²) >= 11 is 1.51. The second-order valence-corrected chi connectivity index (χ2v) is 7.03. The summed E-state index contributed by atoms with van der Waals surface area (Å²) in [4.78, 5) is 1.03.